The van der Waals surface area contributed by atoms with E-state index in [9.17, 15) is 9.59 Å². The van der Waals surface area contributed by atoms with Gasteiger partial charge in [-0.3, -0.25) is 9.36 Å². The maximum atomic E-state index is 13.9. The monoisotopic (exact) mass is 624 g/mol. The number of carbonyl (C=O) groups is 1. The Balaban J connectivity index is 1.39. The molecule has 0 saturated carbocycles. The van der Waals surface area contributed by atoms with Gasteiger partial charge in [0.05, 0.1) is 40.6 Å². The number of fused-ring (bicyclic) bond motifs is 2. The number of aromatic nitrogens is 1. The van der Waals surface area contributed by atoms with Crippen molar-refractivity contribution in [3.63, 3.8) is 0 Å². The molecule has 44 heavy (non-hydrogen) atoms. The van der Waals surface area contributed by atoms with Crippen molar-refractivity contribution >= 4 is 45.8 Å². The van der Waals surface area contributed by atoms with Crippen LogP contribution in [0.25, 0.3) is 16.8 Å². The lowest BCUT2D eigenvalue weighted by Crippen LogP contribution is -2.39. The average Bonchev–Trinajstić information content (AvgIpc) is 3.33. The van der Waals surface area contributed by atoms with Gasteiger partial charge in [-0.15, -0.1) is 0 Å². The minimum absolute atomic E-state index is 0.214. The predicted octanol–water partition coefficient (Wildman–Crippen LogP) is 6.19. The first-order valence-electron chi connectivity index (χ1n) is 14.1. The third-order valence-electron chi connectivity index (χ3n) is 7.43. The Labute approximate surface area is 262 Å². The van der Waals surface area contributed by atoms with Crippen LogP contribution in [-0.4, -0.2) is 24.3 Å². The molecule has 4 aromatic carbocycles. The van der Waals surface area contributed by atoms with E-state index in [2.05, 4.69) is 23.2 Å². The Bertz CT molecular complexity index is 2090. The van der Waals surface area contributed by atoms with Crippen LogP contribution in [0.1, 0.15) is 36.6 Å². The van der Waals surface area contributed by atoms with Crippen LogP contribution >= 0.6 is 22.9 Å². The normalized spacial score (nSPS) is 14.7. The molecule has 0 radical (unpaired) electrons. The molecule has 1 aliphatic rings. The second-order valence-corrected chi connectivity index (χ2v) is 11.6. The van der Waals surface area contributed by atoms with Crippen molar-refractivity contribution in [1.82, 2.24) is 4.57 Å². The maximum Gasteiger partial charge on any atom is 0.338 e. The number of allylic oxidation sites excluding steroid dienone is 1. The van der Waals surface area contributed by atoms with E-state index < -0.39 is 12.0 Å². The summed E-state index contributed by atoms with van der Waals surface area (Å²) in [6.07, 6.45) is 1.75. The zero-order valence-electron chi connectivity index (χ0n) is 24.4. The van der Waals surface area contributed by atoms with Crippen LogP contribution < -0.4 is 24.4 Å². The van der Waals surface area contributed by atoms with Gasteiger partial charge < -0.3 is 14.2 Å². The minimum atomic E-state index is -0.670. The summed E-state index contributed by atoms with van der Waals surface area (Å²) in [5, 5.41) is 2.58. The lowest BCUT2D eigenvalue weighted by molar-refractivity contribution is -0.139. The quantitative estimate of drug-likeness (QED) is 0.192. The summed E-state index contributed by atoms with van der Waals surface area (Å²) >= 11 is 7.97. The van der Waals surface area contributed by atoms with E-state index in [-0.39, 0.29) is 12.2 Å². The highest BCUT2D eigenvalue weighted by molar-refractivity contribution is 7.07. The van der Waals surface area contributed by atoms with Crippen molar-refractivity contribution in [2.24, 2.45) is 4.99 Å². The molecule has 0 bridgehead atoms. The van der Waals surface area contributed by atoms with Crippen molar-refractivity contribution in [3.8, 4) is 11.5 Å². The number of ether oxygens (including phenoxy) is 3. The summed E-state index contributed by atoms with van der Waals surface area (Å²) in [4.78, 5) is 32.1. The van der Waals surface area contributed by atoms with E-state index in [0.29, 0.717) is 49.3 Å². The number of thiazole rings is 1. The van der Waals surface area contributed by atoms with E-state index in [1.54, 1.807) is 43.7 Å². The van der Waals surface area contributed by atoms with E-state index in [4.69, 9.17) is 25.8 Å². The molecule has 7 nitrogen and oxygen atoms in total. The smallest absolute Gasteiger partial charge is 0.338 e. The number of methoxy groups -OCH3 is 1. The maximum absolute atomic E-state index is 13.9. The van der Waals surface area contributed by atoms with Crippen molar-refractivity contribution in [3.05, 3.63) is 138 Å². The second-order valence-electron chi connectivity index (χ2n) is 10.2. The van der Waals surface area contributed by atoms with Crippen LogP contribution in [0, 0.1) is 0 Å². The van der Waals surface area contributed by atoms with Crippen LogP contribution in [-0.2, 0) is 16.1 Å². The zero-order chi connectivity index (χ0) is 30.8. The molecule has 1 aromatic heterocycles. The molecule has 6 rings (SSSR count). The largest absolute Gasteiger partial charge is 0.493 e. The third-order valence-corrected chi connectivity index (χ3v) is 8.70. The van der Waals surface area contributed by atoms with Gasteiger partial charge in [-0.2, -0.15) is 0 Å². The van der Waals surface area contributed by atoms with Gasteiger partial charge in [0, 0.05) is 0 Å². The molecule has 1 aliphatic heterocycles. The Morgan fingerprint density at radius 2 is 1.80 bits per heavy atom. The van der Waals surface area contributed by atoms with Crippen LogP contribution in [0.4, 0.5) is 0 Å². The van der Waals surface area contributed by atoms with Crippen LogP contribution in [0.2, 0.25) is 5.02 Å². The molecule has 0 saturated heterocycles. The number of halogens is 1. The standard InChI is InChI=1S/C35H29ClN2O5S/c1-4-42-34(40)30-21(2)37-35-38(31(30)24-12-6-5-7-13-24)33(39)29(44-35)19-22-17-27(36)32(28(18-22)41-3)43-20-25-15-10-14-23-11-8-9-16-26(23)25/h5-19,31H,4,20H2,1-3H3/b29-19-. The summed E-state index contributed by atoms with van der Waals surface area (Å²) in [6.45, 7) is 4.03. The zero-order valence-corrected chi connectivity index (χ0v) is 25.9. The van der Waals surface area contributed by atoms with Gasteiger partial charge in [0.25, 0.3) is 5.56 Å². The highest BCUT2D eigenvalue weighted by atomic mass is 35.5. The molecule has 1 atom stereocenters. The third kappa shape index (κ3) is 5.54. The Morgan fingerprint density at radius 1 is 1.05 bits per heavy atom. The fraction of sp³-hybridized carbons (Fsp3) is 0.171. The van der Waals surface area contributed by atoms with Crippen molar-refractivity contribution < 1.29 is 19.0 Å². The van der Waals surface area contributed by atoms with Gasteiger partial charge in [-0.05, 0) is 59.5 Å². The van der Waals surface area contributed by atoms with E-state index >= 15 is 0 Å². The Morgan fingerprint density at radius 3 is 2.57 bits per heavy atom. The molecular formula is C35H29ClN2O5S. The number of esters is 1. The lowest BCUT2D eigenvalue weighted by atomic mass is 9.96. The first-order chi connectivity index (χ1) is 21.4. The summed E-state index contributed by atoms with van der Waals surface area (Å²) in [5.41, 5.74) is 3.05. The highest BCUT2D eigenvalue weighted by Gasteiger charge is 2.33. The van der Waals surface area contributed by atoms with Gasteiger partial charge in [0.1, 0.15) is 6.61 Å². The van der Waals surface area contributed by atoms with Gasteiger partial charge >= 0.3 is 5.97 Å². The van der Waals surface area contributed by atoms with Crippen molar-refractivity contribution in [1.29, 1.82) is 0 Å². The van der Waals surface area contributed by atoms with Gasteiger partial charge in [-0.25, -0.2) is 9.79 Å². The topological polar surface area (TPSA) is 79.1 Å². The van der Waals surface area contributed by atoms with Gasteiger partial charge in [0.15, 0.2) is 16.3 Å². The highest BCUT2D eigenvalue weighted by Crippen LogP contribution is 2.38. The Kier molecular flexibility index (Phi) is 8.37. The average molecular weight is 625 g/mol. The van der Waals surface area contributed by atoms with E-state index in [1.165, 1.54) is 11.3 Å². The molecule has 2 heterocycles. The van der Waals surface area contributed by atoms with Crippen molar-refractivity contribution in [2.75, 3.05) is 13.7 Å². The molecule has 1 unspecified atom stereocenters. The fourth-order valence-electron chi connectivity index (χ4n) is 5.43. The fourth-order valence-corrected chi connectivity index (χ4v) is 6.75. The van der Waals surface area contributed by atoms with Gasteiger partial charge in [0.2, 0.25) is 0 Å². The predicted molar refractivity (Wildman–Crippen MR) is 173 cm³/mol. The Hall–Kier alpha value is -4.66. The number of carbonyl (C=O) groups excluding carboxylic acids is 1. The number of hydrogen-bond acceptors (Lipinski definition) is 7. The number of hydrogen-bond donors (Lipinski definition) is 0. The SMILES string of the molecule is CCOC(=O)C1=C(C)N=c2s/c(=C\c3cc(Cl)c(OCc4cccc5ccccc45)c(OC)c3)c(=O)n2C1c1ccccc1. The molecule has 5 aromatic rings. The van der Waals surface area contributed by atoms with Crippen LogP contribution in [0.15, 0.2) is 106 Å². The van der Waals surface area contributed by atoms with Crippen molar-refractivity contribution in [2.45, 2.75) is 26.5 Å². The first kappa shape index (κ1) is 29.4. The van der Waals surface area contributed by atoms with Crippen LogP contribution in [0.5, 0.6) is 11.5 Å². The molecule has 9 heteroatoms. The summed E-state index contributed by atoms with van der Waals surface area (Å²) < 4.78 is 19.2. The molecule has 0 N–H and O–H groups in total. The summed E-state index contributed by atoms with van der Waals surface area (Å²) in [6, 6.07) is 26.5. The molecular weight excluding hydrogens is 596 g/mol. The van der Waals surface area contributed by atoms with Gasteiger partial charge in [-0.1, -0.05) is 95.7 Å². The van der Waals surface area contributed by atoms with E-state index in [1.807, 2.05) is 54.6 Å². The molecule has 0 aliphatic carbocycles. The summed E-state index contributed by atoms with van der Waals surface area (Å²) in [5.74, 6) is 0.367. The number of nitrogens with zero attached hydrogens (tertiary/aromatic N) is 2. The summed E-state index contributed by atoms with van der Waals surface area (Å²) in [7, 11) is 1.55. The van der Waals surface area contributed by atoms with Crippen LogP contribution in [0.3, 0.4) is 0 Å². The molecule has 0 fully saturated rings. The molecule has 0 spiro atoms. The number of benzene rings is 4. The molecule has 0 amide bonds. The second kappa shape index (κ2) is 12.5. The first-order valence-corrected chi connectivity index (χ1v) is 15.3. The molecule has 222 valence electrons. The van der Waals surface area contributed by atoms with E-state index in [0.717, 1.165) is 21.9 Å². The number of rotatable bonds is 8. The minimum Gasteiger partial charge on any atom is -0.493 e. The lowest BCUT2D eigenvalue weighted by Gasteiger charge is -2.24.